The summed E-state index contributed by atoms with van der Waals surface area (Å²) in [5.41, 5.74) is -5.09. The molecule has 0 bridgehead atoms. The van der Waals surface area contributed by atoms with Crippen LogP contribution in [-0.2, 0) is 15.1 Å². The number of rotatable bonds is 9. The van der Waals surface area contributed by atoms with Gasteiger partial charge in [-0.25, -0.2) is 9.18 Å². The number of aromatic amines is 1. The Hall–Kier alpha value is -4.19. The Morgan fingerprint density at radius 3 is 1.98 bits per heavy atom. The maximum atomic E-state index is 16.5. The third kappa shape index (κ3) is 4.75. The number of aliphatic hydroxyl groups is 1. The van der Waals surface area contributed by atoms with Crippen molar-refractivity contribution in [1.82, 2.24) is 9.55 Å². The number of aromatic nitrogens is 2. The number of hydrogen-bond acceptors (Lipinski definition) is 6. The van der Waals surface area contributed by atoms with E-state index < -0.39 is 54.0 Å². The number of ether oxygens (including phenoxy) is 3. The zero-order chi connectivity index (χ0) is 29.3. The first-order valence-corrected chi connectivity index (χ1v) is 12.7. The van der Waals surface area contributed by atoms with Crippen LogP contribution < -0.4 is 16.0 Å². The van der Waals surface area contributed by atoms with Gasteiger partial charge in [0.05, 0.1) is 13.7 Å². The highest BCUT2D eigenvalue weighted by Crippen LogP contribution is 2.53. The first-order valence-electron chi connectivity index (χ1n) is 12.7. The van der Waals surface area contributed by atoms with E-state index in [1.54, 1.807) is 84.9 Å². The number of benzene rings is 3. The van der Waals surface area contributed by atoms with Gasteiger partial charge in [-0.1, -0.05) is 72.8 Å². The minimum absolute atomic E-state index is 0.404. The van der Waals surface area contributed by atoms with Crippen LogP contribution in [0, 0.1) is 0 Å². The topological polar surface area (TPSA) is 103 Å². The maximum Gasteiger partial charge on any atom is 0.330 e. The Morgan fingerprint density at radius 1 is 0.927 bits per heavy atom. The second-order valence-electron chi connectivity index (χ2n) is 9.66. The molecule has 1 aliphatic heterocycles. The number of nitrogens with one attached hydrogen (secondary N) is 1. The first-order chi connectivity index (χ1) is 19.7. The molecule has 0 saturated carbocycles. The molecule has 1 fully saturated rings. The van der Waals surface area contributed by atoms with Gasteiger partial charge in [-0.05, 0) is 28.8 Å². The number of alkyl halides is 3. The van der Waals surface area contributed by atoms with E-state index in [0.29, 0.717) is 27.0 Å². The second-order valence-corrected chi connectivity index (χ2v) is 9.66. The van der Waals surface area contributed by atoms with Gasteiger partial charge < -0.3 is 19.3 Å². The van der Waals surface area contributed by atoms with Crippen molar-refractivity contribution in [3.05, 3.63) is 135 Å². The maximum absolute atomic E-state index is 16.5. The minimum atomic E-state index is -4.09. The fourth-order valence-electron chi connectivity index (χ4n) is 5.20. The third-order valence-corrected chi connectivity index (χ3v) is 7.25. The van der Waals surface area contributed by atoms with Gasteiger partial charge in [-0.15, -0.1) is 0 Å². The largest absolute Gasteiger partial charge is 0.497 e. The summed E-state index contributed by atoms with van der Waals surface area (Å²) >= 11 is 0. The molecule has 2 N–H and O–H groups in total. The van der Waals surface area contributed by atoms with Crippen molar-refractivity contribution in [3.63, 3.8) is 0 Å². The van der Waals surface area contributed by atoms with Crippen LogP contribution in [0.25, 0.3) is 0 Å². The molecule has 3 atom stereocenters. The molecule has 4 aromatic rings. The predicted molar refractivity (Wildman–Crippen MR) is 143 cm³/mol. The second kappa shape index (κ2) is 11.0. The Morgan fingerprint density at radius 2 is 1.49 bits per heavy atom. The molecule has 3 aromatic carbocycles. The summed E-state index contributed by atoms with van der Waals surface area (Å²) in [7, 11) is 1.49. The average Bonchev–Trinajstić information content (AvgIpc) is 3.22. The normalized spacial score (nSPS) is 22.0. The average molecular weight is 569 g/mol. The third-order valence-electron chi connectivity index (χ3n) is 7.25. The number of nitrogens with zero attached hydrogens (tertiary/aromatic N) is 1. The summed E-state index contributed by atoms with van der Waals surface area (Å²) in [5.74, 6) is -3.58. The summed E-state index contributed by atoms with van der Waals surface area (Å²) in [4.78, 5) is 26.0. The molecule has 214 valence electrons. The summed E-state index contributed by atoms with van der Waals surface area (Å²) in [5, 5.41) is 10.3. The van der Waals surface area contributed by atoms with E-state index in [1.807, 2.05) is 4.98 Å². The standard InChI is InChI=1S/C30H27F3N2O6/c1-39-23-14-12-22(13-15-23)29(20-8-4-2-5-9-20,21-10-6-3-7-11-21)40-25-28(18-31,19-36)41-26(30(25,32)33)35-17-16-24(37)34-27(35)38/h2-17,25-26,36H,18-19H2,1H3,(H,34,37,38)/t25-,26-,28-/m1/s1. The van der Waals surface area contributed by atoms with Crippen LogP contribution in [0.2, 0.25) is 0 Å². The highest BCUT2D eigenvalue weighted by molar-refractivity contribution is 5.49. The van der Waals surface area contributed by atoms with Crippen LogP contribution in [-0.4, -0.2) is 52.7 Å². The smallest absolute Gasteiger partial charge is 0.330 e. The van der Waals surface area contributed by atoms with Crippen LogP contribution in [0.3, 0.4) is 0 Å². The van der Waals surface area contributed by atoms with Crippen molar-refractivity contribution in [2.75, 3.05) is 20.4 Å². The van der Waals surface area contributed by atoms with Crippen LogP contribution >= 0.6 is 0 Å². The Kier molecular flexibility index (Phi) is 7.60. The quantitative estimate of drug-likeness (QED) is 0.298. The SMILES string of the molecule is COc1ccc(C(O[C@H]2C(F)(F)[C@H](n3ccc(=O)[nH]c3=O)O[C@@]2(CO)CF)(c2ccccc2)c2ccccc2)cc1. The molecule has 0 spiro atoms. The number of hydrogen-bond donors (Lipinski definition) is 2. The van der Waals surface area contributed by atoms with Crippen LogP contribution in [0.1, 0.15) is 22.9 Å². The van der Waals surface area contributed by atoms with E-state index in [0.717, 1.165) is 12.3 Å². The molecule has 8 nitrogen and oxygen atoms in total. The fourth-order valence-corrected chi connectivity index (χ4v) is 5.20. The van der Waals surface area contributed by atoms with Gasteiger partial charge in [0, 0.05) is 12.3 Å². The molecule has 0 aliphatic carbocycles. The Bertz CT molecular complexity index is 1550. The molecule has 0 amide bonds. The van der Waals surface area contributed by atoms with E-state index in [-0.39, 0.29) is 0 Å². The highest BCUT2D eigenvalue weighted by atomic mass is 19.3. The van der Waals surface area contributed by atoms with Crippen LogP contribution in [0.5, 0.6) is 5.75 Å². The van der Waals surface area contributed by atoms with Crippen molar-refractivity contribution < 1.29 is 32.5 Å². The van der Waals surface area contributed by atoms with Crippen molar-refractivity contribution >= 4 is 0 Å². The van der Waals surface area contributed by atoms with Gasteiger partial charge in [0.25, 0.3) is 5.56 Å². The zero-order valence-corrected chi connectivity index (χ0v) is 21.9. The molecule has 41 heavy (non-hydrogen) atoms. The van der Waals surface area contributed by atoms with Gasteiger partial charge >= 0.3 is 11.6 Å². The molecule has 11 heteroatoms. The lowest BCUT2D eigenvalue weighted by Crippen LogP contribution is -2.56. The van der Waals surface area contributed by atoms with Crippen molar-refractivity contribution in [2.45, 2.75) is 29.5 Å². The van der Waals surface area contributed by atoms with Gasteiger partial charge in [-0.3, -0.25) is 14.3 Å². The van der Waals surface area contributed by atoms with Gasteiger partial charge in [0.15, 0.2) is 11.7 Å². The van der Waals surface area contributed by atoms with Crippen LogP contribution in [0.4, 0.5) is 13.2 Å². The van der Waals surface area contributed by atoms with Crippen molar-refractivity contribution in [2.24, 2.45) is 0 Å². The lowest BCUT2D eigenvalue weighted by atomic mass is 9.79. The monoisotopic (exact) mass is 568 g/mol. The Labute approximate surface area is 232 Å². The van der Waals surface area contributed by atoms with Crippen molar-refractivity contribution in [1.29, 1.82) is 0 Å². The molecule has 2 heterocycles. The predicted octanol–water partition coefficient (Wildman–Crippen LogP) is 3.79. The number of aliphatic hydroxyl groups excluding tert-OH is 1. The first kappa shape index (κ1) is 28.3. The van der Waals surface area contributed by atoms with E-state index in [4.69, 9.17) is 14.2 Å². The summed E-state index contributed by atoms with van der Waals surface area (Å²) in [6.45, 7) is -2.76. The molecule has 1 saturated heterocycles. The van der Waals surface area contributed by atoms with Crippen molar-refractivity contribution in [3.8, 4) is 5.75 Å². The van der Waals surface area contributed by atoms with E-state index in [1.165, 1.54) is 7.11 Å². The van der Waals surface area contributed by atoms with Crippen LogP contribution in [0.15, 0.2) is 107 Å². The minimum Gasteiger partial charge on any atom is -0.497 e. The number of H-pyrrole nitrogens is 1. The van der Waals surface area contributed by atoms with E-state index in [9.17, 15) is 19.1 Å². The molecule has 1 aromatic heterocycles. The lowest BCUT2D eigenvalue weighted by Gasteiger charge is -2.42. The summed E-state index contributed by atoms with van der Waals surface area (Å²) < 4.78 is 65.5. The molecule has 5 rings (SSSR count). The van der Waals surface area contributed by atoms with E-state index in [2.05, 4.69) is 0 Å². The van der Waals surface area contributed by atoms with Gasteiger partial charge in [-0.2, -0.15) is 8.78 Å². The molecular weight excluding hydrogens is 541 g/mol. The fraction of sp³-hybridized carbons (Fsp3) is 0.267. The molecular formula is C30H27F3N2O6. The number of methoxy groups -OCH3 is 1. The van der Waals surface area contributed by atoms with E-state index >= 15 is 8.78 Å². The Balaban J connectivity index is 1.77. The van der Waals surface area contributed by atoms with Gasteiger partial charge in [0.2, 0.25) is 6.23 Å². The number of halogens is 3. The zero-order valence-electron chi connectivity index (χ0n) is 21.9. The molecule has 0 unspecified atom stereocenters. The molecule has 0 radical (unpaired) electrons. The molecule has 1 aliphatic rings. The van der Waals surface area contributed by atoms with Gasteiger partial charge in [0.1, 0.15) is 18.0 Å². The highest BCUT2D eigenvalue weighted by Gasteiger charge is 2.70. The summed E-state index contributed by atoms with van der Waals surface area (Å²) in [6.07, 6.45) is -4.00. The summed E-state index contributed by atoms with van der Waals surface area (Å²) in [6, 6.07) is 24.5. The lowest BCUT2D eigenvalue weighted by molar-refractivity contribution is -0.194.